The highest BCUT2D eigenvalue weighted by molar-refractivity contribution is 5.98. The molecule has 0 aliphatic rings. The van der Waals surface area contributed by atoms with E-state index in [9.17, 15) is 0 Å². The topological polar surface area (TPSA) is 104 Å². The summed E-state index contributed by atoms with van der Waals surface area (Å²) in [7, 11) is 0. The minimum absolute atomic E-state index is 0.537. The maximum Gasteiger partial charge on any atom is 0.227 e. The molecule has 0 saturated heterocycles. The molecule has 0 saturated carbocycles. The third-order valence-electron chi connectivity index (χ3n) is 5.19. The monoisotopic (exact) mass is 392 g/mol. The molecule has 0 amide bonds. The van der Waals surface area contributed by atoms with Crippen LogP contribution in [0.15, 0.2) is 89.3 Å². The van der Waals surface area contributed by atoms with Crippen molar-refractivity contribution in [2.75, 3.05) is 17.2 Å². The van der Waals surface area contributed by atoms with Crippen LogP contribution in [0.4, 0.5) is 17.1 Å². The van der Waals surface area contributed by atoms with Gasteiger partial charge in [0.1, 0.15) is 5.52 Å². The van der Waals surface area contributed by atoms with Crippen molar-refractivity contribution in [3.63, 3.8) is 0 Å². The second kappa shape index (κ2) is 6.97. The van der Waals surface area contributed by atoms with Gasteiger partial charge in [0.05, 0.1) is 0 Å². The van der Waals surface area contributed by atoms with Crippen molar-refractivity contribution >= 4 is 28.2 Å². The fraction of sp³-hybridized carbons (Fsp3) is 0. The van der Waals surface area contributed by atoms with E-state index in [1.807, 2.05) is 84.9 Å². The van der Waals surface area contributed by atoms with Crippen LogP contribution < -0.4 is 17.2 Å². The lowest BCUT2D eigenvalue weighted by molar-refractivity contribution is 0.620. The SMILES string of the molecule is Nc1ccc(-c2nc3cc(-c4ccccc4N)c(-c4ccccc4N)cc3o2)cc1. The third-order valence-corrected chi connectivity index (χ3v) is 5.19. The van der Waals surface area contributed by atoms with Crippen LogP contribution in [-0.4, -0.2) is 4.98 Å². The second-order valence-electron chi connectivity index (χ2n) is 7.18. The predicted octanol–water partition coefficient (Wildman–Crippen LogP) is 5.58. The number of anilines is 3. The highest BCUT2D eigenvalue weighted by atomic mass is 16.3. The number of rotatable bonds is 3. The van der Waals surface area contributed by atoms with Gasteiger partial charge in [0.2, 0.25) is 5.89 Å². The number of nitrogen functional groups attached to an aromatic ring is 3. The summed E-state index contributed by atoms with van der Waals surface area (Å²) in [5.41, 5.74) is 26.5. The van der Waals surface area contributed by atoms with Crippen LogP contribution in [0.2, 0.25) is 0 Å². The van der Waals surface area contributed by atoms with Crippen LogP contribution in [0.1, 0.15) is 0 Å². The summed E-state index contributed by atoms with van der Waals surface area (Å²) in [5, 5.41) is 0. The van der Waals surface area contributed by atoms with E-state index in [1.54, 1.807) is 0 Å². The number of hydrogen-bond acceptors (Lipinski definition) is 5. The van der Waals surface area contributed by atoms with Crippen molar-refractivity contribution in [2.24, 2.45) is 0 Å². The van der Waals surface area contributed by atoms with Crippen LogP contribution in [0.5, 0.6) is 0 Å². The van der Waals surface area contributed by atoms with E-state index >= 15 is 0 Å². The fourth-order valence-corrected chi connectivity index (χ4v) is 3.65. The molecule has 0 spiro atoms. The number of nitrogens with two attached hydrogens (primary N) is 3. The third kappa shape index (κ3) is 3.02. The lowest BCUT2D eigenvalue weighted by Gasteiger charge is -2.13. The lowest BCUT2D eigenvalue weighted by Crippen LogP contribution is -1.94. The number of benzene rings is 4. The summed E-state index contributed by atoms with van der Waals surface area (Å²) < 4.78 is 6.09. The van der Waals surface area contributed by atoms with E-state index in [2.05, 4.69) is 0 Å². The molecule has 1 aromatic heterocycles. The number of fused-ring (bicyclic) bond motifs is 1. The van der Waals surface area contributed by atoms with E-state index in [4.69, 9.17) is 26.6 Å². The number of aromatic nitrogens is 1. The minimum atomic E-state index is 0.537. The Balaban J connectivity index is 1.77. The van der Waals surface area contributed by atoms with Gasteiger partial charge in [-0.15, -0.1) is 0 Å². The lowest BCUT2D eigenvalue weighted by atomic mass is 9.92. The zero-order valence-corrected chi connectivity index (χ0v) is 16.2. The van der Waals surface area contributed by atoms with E-state index in [0.29, 0.717) is 28.5 Å². The van der Waals surface area contributed by atoms with E-state index in [1.165, 1.54) is 0 Å². The van der Waals surface area contributed by atoms with Crippen molar-refractivity contribution in [3.8, 4) is 33.7 Å². The standard InChI is InChI=1S/C25H20N4O/c26-16-11-9-15(10-12-16)25-29-23-13-19(17-5-1-3-7-21(17)27)20(14-24(23)30-25)18-6-2-4-8-22(18)28/h1-14H,26-28H2. The molecular weight excluding hydrogens is 372 g/mol. The average Bonchev–Trinajstić information content (AvgIpc) is 3.17. The highest BCUT2D eigenvalue weighted by Gasteiger charge is 2.17. The van der Waals surface area contributed by atoms with Crippen LogP contribution in [0.3, 0.4) is 0 Å². The van der Waals surface area contributed by atoms with Gasteiger partial charge in [0, 0.05) is 33.8 Å². The molecule has 0 fully saturated rings. The molecule has 4 aromatic carbocycles. The molecule has 5 rings (SSSR count). The van der Waals surface area contributed by atoms with Gasteiger partial charge in [0.25, 0.3) is 0 Å². The molecule has 0 aliphatic carbocycles. The quantitative estimate of drug-likeness (QED) is 0.348. The zero-order valence-electron chi connectivity index (χ0n) is 16.2. The van der Waals surface area contributed by atoms with Gasteiger partial charge in [0.15, 0.2) is 5.58 Å². The summed E-state index contributed by atoms with van der Waals surface area (Å²) in [6.07, 6.45) is 0. The van der Waals surface area contributed by atoms with Gasteiger partial charge in [-0.2, -0.15) is 0 Å². The maximum absolute atomic E-state index is 6.31. The van der Waals surface area contributed by atoms with Gasteiger partial charge >= 0.3 is 0 Å². The number of oxazole rings is 1. The first-order valence-electron chi connectivity index (χ1n) is 9.60. The summed E-state index contributed by atoms with van der Waals surface area (Å²) in [6.45, 7) is 0. The molecule has 0 bridgehead atoms. The Morgan fingerprint density at radius 1 is 0.600 bits per heavy atom. The van der Waals surface area contributed by atoms with Crippen molar-refractivity contribution in [1.82, 2.24) is 4.98 Å². The summed E-state index contributed by atoms with van der Waals surface area (Å²) >= 11 is 0. The summed E-state index contributed by atoms with van der Waals surface area (Å²) in [5.74, 6) is 0.537. The smallest absolute Gasteiger partial charge is 0.227 e. The predicted molar refractivity (Wildman–Crippen MR) is 124 cm³/mol. The number of hydrogen-bond donors (Lipinski definition) is 3. The molecule has 146 valence electrons. The minimum Gasteiger partial charge on any atom is -0.436 e. The molecule has 6 N–H and O–H groups in total. The molecule has 0 aliphatic heterocycles. The second-order valence-corrected chi connectivity index (χ2v) is 7.18. The zero-order chi connectivity index (χ0) is 20.7. The summed E-state index contributed by atoms with van der Waals surface area (Å²) in [4.78, 5) is 4.71. The van der Waals surface area contributed by atoms with Gasteiger partial charge < -0.3 is 21.6 Å². The van der Waals surface area contributed by atoms with Crippen LogP contribution in [-0.2, 0) is 0 Å². The highest BCUT2D eigenvalue weighted by Crippen LogP contribution is 2.40. The average molecular weight is 392 g/mol. The first-order chi connectivity index (χ1) is 14.6. The van der Waals surface area contributed by atoms with Gasteiger partial charge in [-0.1, -0.05) is 36.4 Å². The maximum atomic E-state index is 6.31. The normalized spacial score (nSPS) is 11.1. The molecule has 0 radical (unpaired) electrons. The van der Waals surface area contributed by atoms with E-state index in [-0.39, 0.29) is 0 Å². The molecule has 30 heavy (non-hydrogen) atoms. The fourth-order valence-electron chi connectivity index (χ4n) is 3.65. The first-order valence-corrected chi connectivity index (χ1v) is 9.60. The Hall–Kier alpha value is -4.25. The Labute approximate surface area is 173 Å². The van der Waals surface area contributed by atoms with Crippen LogP contribution in [0, 0.1) is 0 Å². The summed E-state index contributed by atoms with van der Waals surface area (Å²) in [6, 6.07) is 27.0. The van der Waals surface area contributed by atoms with E-state index in [0.717, 1.165) is 33.3 Å². The number of nitrogens with zero attached hydrogens (tertiary/aromatic N) is 1. The first kappa shape index (κ1) is 17.8. The van der Waals surface area contributed by atoms with Crippen molar-refractivity contribution < 1.29 is 4.42 Å². The van der Waals surface area contributed by atoms with Crippen molar-refractivity contribution in [1.29, 1.82) is 0 Å². The van der Waals surface area contributed by atoms with E-state index < -0.39 is 0 Å². The molecule has 5 nitrogen and oxygen atoms in total. The molecule has 5 heteroatoms. The Bertz CT molecular complexity index is 1290. The van der Waals surface area contributed by atoms with Gasteiger partial charge in [-0.3, -0.25) is 0 Å². The molecule has 0 atom stereocenters. The molecule has 5 aromatic rings. The Morgan fingerprint density at radius 2 is 1.17 bits per heavy atom. The van der Waals surface area contributed by atoms with Gasteiger partial charge in [-0.25, -0.2) is 4.98 Å². The Morgan fingerprint density at radius 3 is 1.77 bits per heavy atom. The van der Waals surface area contributed by atoms with Crippen LogP contribution in [0.25, 0.3) is 44.8 Å². The van der Waals surface area contributed by atoms with Crippen molar-refractivity contribution in [2.45, 2.75) is 0 Å². The number of para-hydroxylation sites is 2. The van der Waals surface area contributed by atoms with Crippen molar-refractivity contribution in [3.05, 3.63) is 84.9 Å². The molecule has 1 heterocycles. The molecule has 0 unspecified atom stereocenters. The Kier molecular flexibility index (Phi) is 4.14. The largest absolute Gasteiger partial charge is 0.436 e. The molecular formula is C25H20N4O. The van der Waals surface area contributed by atoms with Gasteiger partial charge in [-0.05, 0) is 59.7 Å². The van der Waals surface area contributed by atoms with Crippen LogP contribution >= 0.6 is 0 Å².